The Labute approximate surface area is 139 Å². The van der Waals surface area contributed by atoms with Crippen LogP contribution in [-0.2, 0) is 13.5 Å². The molecule has 0 aliphatic carbocycles. The molecular formula is C18H15N5O. The Morgan fingerprint density at radius 1 is 1.29 bits per heavy atom. The molecule has 2 aromatic heterocycles. The maximum absolute atomic E-state index is 9.51. The summed E-state index contributed by atoms with van der Waals surface area (Å²) < 4.78 is 7.26. The summed E-state index contributed by atoms with van der Waals surface area (Å²) in [6, 6.07) is 10.0. The lowest BCUT2D eigenvalue weighted by Gasteiger charge is -2.10. The Morgan fingerprint density at radius 3 is 2.92 bits per heavy atom. The van der Waals surface area contributed by atoms with E-state index in [4.69, 9.17) is 10.5 Å². The number of aryl methyl sites for hydroxylation is 1. The van der Waals surface area contributed by atoms with Crippen molar-refractivity contribution in [2.75, 3.05) is 12.3 Å². The molecule has 3 aromatic rings. The van der Waals surface area contributed by atoms with Gasteiger partial charge in [-0.3, -0.25) is 4.68 Å². The summed E-state index contributed by atoms with van der Waals surface area (Å²) in [5.41, 5.74) is 10.9. The highest BCUT2D eigenvalue weighted by atomic mass is 16.5. The number of anilines is 1. The minimum atomic E-state index is 0.227. The molecule has 0 radical (unpaired) electrons. The molecule has 0 unspecified atom stereocenters. The monoisotopic (exact) mass is 317 g/mol. The van der Waals surface area contributed by atoms with Crippen molar-refractivity contribution in [3.63, 3.8) is 0 Å². The standard InChI is InChI=1S/C18H15N5O/c1-23-10-13(9-21-23)16-7-14(15(8-19)18(20)22-16)11-2-3-17-12(6-11)4-5-24-17/h2-3,6-7,9-10H,4-5H2,1H3,(H2,20,22). The first-order chi connectivity index (χ1) is 11.7. The quantitative estimate of drug-likeness (QED) is 0.784. The van der Waals surface area contributed by atoms with E-state index in [0.29, 0.717) is 17.9 Å². The molecule has 3 heterocycles. The van der Waals surface area contributed by atoms with Gasteiger partial charge < -0.3 is 10.5 Å². The van der Waals surface area contributed by atoms with Crippen LogP contribution in [0, 0.1) is 11.3 Å². The van der Waals surface area contributed by atoms with E-state index in [1.54, 1.807) is 10.9 Å². The third-order valence-corrected chi connectivity index (χ3v) is 4.16. The minimum absolute atomic E-state index is 0.227. The van der Waals surface area contributed by atoms with Gasteiger partial charge in [-0.05, 0) is 29.3 Å². The lowest BCUT2D eigenvalue weighted by Crippen LogP contribution is -1.99. The van der Waals surface area contributed by atoms with Gasteiger partial charge in [0.2, 0.25) is 0 Å². The van der Waals surface area contributed by atoms with Crippen molar-refractivity contribution in [1.82, 2.24) is 14.8 Å². The summed E-state index contributed by atoms with van der Waals surface area (Å²) >= 11 is 0. The molecule has 4 rings (SSSR count). The van der Waals surface area contributed by atoms with Gasteiger partial charge in [0.15, 0.2) is 0 Å². The number of nitrogens with zero attached hydrogens (tertiary/aromatic N) is 4. The van der Waals surface area contributed by atoms with E-state index in [9.17, 15) is 5.26 Å². The molecule has 0 atom stereocenters. The normalized spacial score (nSPS) is 12.5. The van der Waals surface area contributed by atoms with Gasteiger partial charge in [-0.25, -0.2) is 4.98 Å². The zero-order valence-electron chi connectivity index (χ0n) is 13.2. The molecule has 118 valence electrons. The average Bonchev–Trinajstić information content (AvgIpc) is 3.22. The second kappa shape index (κ2) is 5.39. The first-order valence-electron chi connectivity index (χ1n) is 7.61. The van der Waals surface area contributed by atoms with Crippen molar-refractivity contribution in [3.05, 3.63) is 47.8 Å². The van der Waals surface area contributed by atoms with Crippen LogP contribution in [0.1, 0.15) is 11.1 Å². The van der Waals surface area contributed by atoms with Crippen molar-refractivity contribution in [2.24, 2.45) is 7.05 Å². The molecule has 0 spiro atoms. The van der Waals surface area contributed by atoms with Gasteiger partial charge in [-0.2, -0.15) is 10.4 Å². The predicted octanol–water partition coefficient (Wildman–Crippen LogP) is 2.54. The zero-order valence-corrected chi connectivity index (χ0v) is 13.2. The highest BCUT2D eigenvalue weighted by Gasteiger charge is 2.17. The van der Waals surface area contributed by atoms with Crippen molar-refractivity contribution in [2.45, 2.75) is 6.42 Å². The topological polar surface area (TPSA) is 89.8 Å². The van der Waals surface area contributed by atoms with Crippen molar-refractivity contribution < 1.29 is 4.74 Å². The third-order valence-electron chi connectivity index (χ3n) is 4.16. The first kappa shape index (κ1) is 14.3. The maximum Gasteiger partial charge on any atom is 0.142 e. The number of benzene rings is 1. The minimum Gasteiger partial charge on any atom is -0.493 e. The molecule has 0 fully saturated rings. The van der Waals surface area contributed by atoms with Crippen LogP contribution in [0.3, 0.4) is 0 Å². The first-order valence-corrected chi connectivity index (χ1v) is 7.61. The second-order valence-electron chi connectivity index (χ2n) is 5.75. The maximum atomic E-state index is 9.51. The van der Waals surface area contributed by atoms with E-state index >= 15 is 0 Å². The summed E-state index contributed by atoms with van der Waals surface area (Å²) in [4.78, 5) is 4.36. The molecule has 0 amide bonds. The fraction of sp³-hybridized carbons (Fsp3) is 0.167. The molecule has 0 bridgehead atoms. The number of aromatic nitrogens is 3. The van der Waals surface area contributed by atoms with Gasteiger partial charge in [0.25, 0.3) is 0 Å². The van der Waals surface area contributed by atoms with Gasteiger partial charge in [0.05, 0.1) is 18.5 Å². The predicted molar refractivity (Wildman–Crippen MR) is 90.2 cm³/mol. The molecule has 0 saturated heterocycles. The second-order valence-corrected chi connectivity index (χ2v) is 5.75. The smallest absolute Gasteiger partial charge is 0.142 e. The highest BCUT2D eigenvalue weighted by Crippen LogP contribution is 2.35. The Balaban J connectivity index is 1.90. The van der Waals surface area contributed by atoms with Crippen LogP contribution in [0.2, 0.25) is 0 Å². The van der Waals surface area contributed by atoms with Gasteiger partial charge in [0, 0.05) is 30.8 Å². The van der Waals surface area contributed by atoms with E-state index in [-0.39, 0.29) is 5.82 Å². The fourth-order valence-electron chi connectivity index (χ4n) is 2.97. The number of rotatable bonds is 2. The summed E-state index contributed by atoms with van der Waals surface area (Å²) in [6.07, 6.45) is 4.48. The third kappa shape index (κ3) is 2.27. The van der Waals surface area contributed by atoms with Crippen LogP contribution >= 0.6 is 0 Å². The molecule has 24 heavy (non-hydrogen) atoms. The SMILES string of the molecule is Cn1cc(-c2cc(-c3ccc4c(c3)CCO4)c(C#N)c(N)n2)cn1. The number of nitriles is 1. The van der Waals surface area contributed by atoms with Crippen LogP contribution in [0.5, 0.6) is 5.75 Å². The highest BCUT2D eigenvalue weighted by molar-refractivity contribution is 5.80. The fourth-order valence-corrected chi connectivity index (χ4v) is 2.97. The summed E-state index contributed by atoms with van der Waals surface area (Å²) in [6.45, 7) is 0.698. The Hall–Kier alpha value is -3.33. The number of nitrogens with two attached hydrogens (primary N) is 1. The van der Waals surface area contributed by atoms with Gasteiger partial charge >= 0.3 is 0 Å². The van der Waals surface area contributed by atoms with Gasteiger partial charge in [-0.1, -0.05) is 6.07 Å². The molecule has 6 nitrogen and oxygen atoms in total. The average molecular weight is 317 g/mol. The van der Waals surface area contributed by atoms with E-state index < -0.39 is 0 Å². The van der Waals surface area contributed by atoms with E-state index in [1.165, 1.54) is 0 Å². The van der Waals surface area contributed by atoms with Crippen molar-refractivity contribution >= 4 is 5.82 Å². The number of pyridine rings is 1. The molecule has 2 N–H and O–H groups in total. The van der Waals surface area contributed by atoms with Crippen LogP contribution < -0.4 is 10.5 Å². The Morgan fingerprint density at radius 2 is 2.17 bits per heavy atom. The van der Waals surface area contributed by atoms with E-state index in [2.05, 4.69) is 22.2 Å². The van der Waals surface area contributed by atoms with E-state index in [0.717, 1.165) is 34.4 Å². The van der Waals surface area contributed by atoms with Crippen LogP contribution in [0.15, 0.2) is 36.7 Å². The van der Waals surface area contributed by atoms with Crippen molar-refractivity contribution in [1.29, 1.82) is 5.26 Å². The Bertz CT molecular complexity index is 984. The zero-order chi connectivity index (χ0) is 16.7. The van der Waals surface area contributed by atoms with E-state index in [1.807, 2.05) is 31.4 Å². The summed E-state index contributed by atoms with van der Waals surface area (Å²) in [7, 11) is 1.85. The molecule has 0 saturated carbocycles. The van der Waals surface area contributed by atoms with Crippen LogP contribution in [-0.4, -0.2) is 21.4 Å². The largest absolute Gasteiger partial charge is 0.493 e. The molecule has 1 aliphatic rings. The van der Waals surface area contributed by atoms with Crippen molar-refractivity contribution in [3.8, 4) is 34.2 Å². The Kier molecular flexibility index (Phi) is 3.21. The molecular weight excluding hydrogens is 302 g/mol. The van der Waals surface area contributed by atoms with Gasteiger partial charge in [0.1, 0.15) is 23.2 Å². The molecule has 1 aromatic carbocycles. The number of ether oxygens (including phenoxy) is 1. The summed E-state index contributed by atoms with van der Waals surface area (Å²) in [5, 5.41) is 13.7. The molecule has 6 heteroatoms. The number of hydrogen-bond acceptors (Lipinski definition) is 5. The summed E-state index contributed by atoms with van der Waals surface area (Å²) in [5.74, 6) is 1.14. The number of fused-ring (bicyclic) bond motifs is 1. The lowest BCUT2D eigenvalue weighted by molar-refractivity contribution is 0.357. The number of nitrogen functional groups attached to an aromatic ring is 1. The van der Waals surface area contributed by atoms with Crippen LogP contribution in [0.4, 0.5) is 5.82 Å². The molecule has 1 aliphatic heterocycles. The van der Waals surface area contributed by atoms with Gasteiger partial charge in [-0.15, -0.1) is 0 Å². The van der Waals surface area contributed by atoms with Crippen LogP contribution in [0.25, 0.3) is 22.4 Å². The lowest BCUT2D eigenvalue weighted by atomic mass is 9.97. The number of hydrogen-bond donors (Lipinski definition) is 1.